The number of esters is 1. The minimum absolute atomic E-state index is 0.0899. The van der Waals surface area contributed by atoms with E-state index in [1.54, 1.807) is 31.2 Å². The topological polar surface area (TPSA) is 95.8 Å². The highest BCUT2D eigenvalue weighted by molar-refractivity contribution is 8.00. The SMILES string of the molecule is CCCOC(=O)C(C)Sc1nc(-c2ccc(Cl)cc2)c(C#N)c(=O)[nH]1. The fourth-order valence-electron chi connectivity index (χ4n) is 1.96. The molecule has 0 amide bonds. The summed E-state index contributed by atoms with van der Waals surface area (Å²) in [7, 11) is 0. The van der Waals surface area contributed by atoms with Crippen molar-refractivity contribution >= 4 is 29.3 Å². The molecular formula is C17H16ClN3O3S. The number of nitriles is 1. The number of aromatic amines is 1. The van der Waals surface area contributed by atoms with Crippen molar-refractivity contribution in [1.29, 1.82) is 5.26 Å². The summed E-state index contributed by atoms with van der Waals surface area (Å²) in [6.07, 6.45) is 0.732. The van der Waals surface area contributed by atoms with Gasteiger partial charge in [-0.25, -0.2) is 4.98 Å². The molecule has 0 aliphatic carbocycles. The van der Waals surface area contributed by atoms with Crippen molar-refractivity contribution < 1.29 is 9.53 Å². The van der Waals surface area contributed by atoms with E-state index < -0.39 is 10.8 Å². The molecule has 0 radical (unpaired) electrons. The zero-order valence-corrected chi connectivity index (χ0v) is 15.3. The summed E-state index contributed by atoms with van der Waals surface area (Å²) < 4.78 is 5.08. The Bertz CT molecular complexity index is 859. The second-order valence-electron chi connectivity index (χ2n) is 5.14. The Balaban J connectivity index is 2.35. The predicted octanol–water partition coefficient (Wildman–Crippen LogP) is 3.40. The highest BCUT2D eigenvalue weighted by atomic mass is 35.5. The van der Waals surface area contributed by atoms with Gasteiger partial charge in [0.05, 0.1) is 12.3 Å². The lowest BCUT2D eigenvalue weighted by Crippen LogP contribution is -2.20. The molecule has 2 aromatic rings. The molecule has 1 aromatic heterocycles. The molecule has 1 aromatic carbocycles. The number of thioether (sulfide) groups is 1. The molecule has 0 saturated heterocycles. The van der Waals surface area contributed by atoms with Gasteiger partial charge in [0.2, 0.25) is 0 Å². The van der Waals surface area contributed by atoms with Crippen LogP contribution in [-0.4, -0.2) is 27.8 Å². The number of hydrogen-bond donors (Lipinski definition) is 1. The summed E-state index contributed by atoms with van der Waals surface area (Å²) in [6, 6.07) is 8.53. The normalized spacial score (nSPS) is 11.6. The molecule has 0 aliphatic heterocycles. The maximum absolute atomic E-state index is 12.2. The van der Waals surface area contributed by atoms with E-state index >= 15 is 0 Å². The van der Waals surface area contributed by atoms with E-state index in [-0.39, 0.29) is 22.4 Å². The van der Waals surface area contributed by atoms with Gasteiger partial charge in [-0.3, -0.25) is 9.59 Å². The second-order valence-corrected chi connectivity index (χ2v) is 6.91. The molecule has 2 rings (SSSR count). The average Bonchev–Trinajstić information content (AvgIpc) is 2.59. The fraction of sp³-hybridized carbons (Fsp3) is 0.294. The third kappa shape index (κ3) is 4.84. The van der Waals surface area contributed by atoms with Crippen molar-refractivity contribution in [3.05, 3.63) is 45.2 Å². The first-order chi connectivity index (χ1) is 12.0. The van der Waals surface area contributed by atoms with Crippen molar-refractivity contribution in [1.82, 2.24) is 9.97 Å². The number of carbonyl (C=O) groups is 1. The van der Waals surface area contributed by atoms with Crippen LogP contribution in [0, 0.1) is 11.3 Å². The van der Waals surface area contributed by atoms with Crippen LogP contribution in [0.15, 0.2) is 34.2 Å². The molecular weight excluding hydrogens is 362 g/mol. The molecule has 0 fully saturated rings. The number of benzene rings is 1. The van der Waals surface area contributed by atoms with Crippen LogP contribution in [-0.2, 0) is 9.53 Å². The standard InChI is InChI=1S/C17H16ClN3O3S/c1-3-8-24-16(23)10(2)25-17-20-14(13(9-19)15(22)21-17)11-4-6-12(18)7-5-11/h4-7,10H,3,8H2,1-2H3,(H,20,21,22). The molecule has 1 N–H and O–H groups in total. The van der Waals surface area contributed by atoms with E-state index in [2.05, 4.69) is 9.97 Å². The monoisotopic (exact) mass is 377 g/mol. The fourth-order valence-corrected chi connectivity index (χ4v) is 2.89. The molecule has 1 heterocycles. The maximum atomic E-state index is 12.2. The molecule has 1 unspecified atom stereocenters. The number of rotatable bonds is 6. The van der Waals surface area contributed by atoms with Crippen LogP contribution in [0.25, 0.3) is 11.3 Å². The largest absolute Gasteiger partial charge is 0.465 e. The Morgan fingerprint density at radius 3 is 2.72 bits per heavy atom. The Kier molecular flexibility index (Phi) is 6.62. The number of H-pyrrole nitrogens is 1. The summed E-state index contributed by atoms with van der Waals surface area (Å²) in [5.41, 5.74) is 0.196. The molecule has 6 nitrogen and oxygen atoms in total. The van der Waals surface area contributed by atoms with Gasteiger partial charge in [-0.15, -0.1) is 0 Å². The summed E-state index contributed by atoms with van der Waals surface area (Å²) >= 11 is 6.94. The van der Waals surface area contributed by atoms with Crippen LogP contribution in [0.5, 0.6) is 0 Å². The van der Waals surface area contributed by atoms with Crippen molar-refractivity contribution in [2.75, 3.05) is 6.61 Å². The van der Waals surface area contributed by atoms with E-state index in [1.807, 2.05) is 13.0 Å². The highest BCUT2D eigenvalue weighted by Crippen LogP contribution is 2.25. The minimum atomic E-state index is -0.556. The van der Waals surface area contributed by atoms with Crippen LogP contribution < -0.4 is 5.56 Å². The number of hydrogen-bond acceptors (Lipinski definition) is 6. The Morgan fingerprint density at radius 2 is 2.12 bits per heavy atom. The van der Waals surface area contributed by atoms with Gasteiger partial charge in [-0.1, -0.05) is 42.4 Å². The van der Waals surface area contributed by atoms with Gasteiger partial charge in [0.25, 0.3) is 5.56 Å². The van der Waals surface area contributed by atoms with Crippen molar-refractivity contribution in [3.63, 3.8) is 0 Å². The Morgan fingerprint density at radius 1 is 1.44 bits per heavy atom. The van der Waals surface area contributed by atoms with Gasteiger partial charge in [0.1, 0.15) is 16.9 Å². The van der Waals surface area contributed by atoms with Crippen molar-refractivity contribution in [2.24, 2.45) is 0 Å². The van der Waals surface area contributed by atoms with E-state index in [0.717, 1.165) is 18.2 Å². The first kappa shape index (κ1) is 19.0. The minimum Gasteiger partial charge on any atom is -0.465 e. The zero-order chi connectivity index (χ0) is 18.4. The maximum Gasteiger partial charge on any atom is 0.319 e. The molecule has 0 saturated carbocycles. The number of halogens is 1. The van der Waals surface area contributed by atoms with Gasteiger partial charge >= 0.3 is 5.97 Å². The van der Waals surface area contributed by atoms with Crippen LogP contribution in [0.3, 0.4) is 0 Å². The quantitative estimate of drug-likeness (QED) is 0.471. The first-order valence-electron chi connectivity index (χ1n) is 7.60. The molecule has 1 atom stereocenters. The van der Waals surface area contributed by atoms with Gasteiger partial charge in [-0.05, 0) is 25.5 Å². The van der Waals surface area contributed by atoms with E-state index in [4.69, 9.17) is 16.3 Å². The number of nitrogens with zero attached hydrogens (tertiary/aromatic N) is 2. The van der Waals surface area contributed by atoms with Crippen LogP contribution >= 0.6 is 23.4 Å². The third-order valence-electron chi connectivity index (χ3n) is 3.20. The number of ether oxygens (including phenoxy) is 1. The van der Waals surface area contributed by atoms with Crippen LogP contribution in [0.4, 0.5) is 0 Å². The van der Waals surface area contributed by atoms with Crippen LogP contribution in [0.1, 0.15) is 25.8 Å². The molecule has 0 spiro atoms. The summed E-state index contributed by atoms with van der Waals surface area (Å²) in [5.74, 6) is -0.382. The summed E-state index contributed by atoms with van der Waals surface area (Å²) in [6.45, 7) is 3.92. The number of carbonyl (C=O) groups excluding carboxylic acids is 1. The van der Waals surface area contributed by atoms with Gasteiger partial charge in [-0.2, -0.15) is 5.26 Å². The van der Waals surface area contributed by atoms with Crippen molar-refractivity contribution in [3.8, 4) is 17.3 Å². The molecule has 25 heavy (non-hydrogen) atoms. The van der Waals surface area contributed by atoms with Crippen molar-refractivity contribution in [2.45, 2.75) is 30.7 Å². The lowest BCUT2D eigenvalue weighted by molar-refractivity contribution is -0.142. The second kappa shape index (κ2) is 8.70. The Hall–Kier alpha value is -2.30. The lowest BCUT2D eigenvalue weighted by atomic mass is 10.1. The molecule has 8 heteroatoms. The van der Waals surface area contributed by atoms with Gasteiger partial charge in [0, 0.05) is 10.6 Å². The van der Waals surface area contributed by atoms with E-state index in [0.29, 0.717) is 17.2 Å². The third-order valence-corrected chi connectivity index (χ3v) is 4.41. The van der Waals surface area contributed by atoms with Gasteiger partial charge < -0.3 is 9.72 Å². The average molecular weight is 378 g/mol. The number of nitrogens with one attached hydrogen (secondary N) is 1. The smallest absolute Gasteiger partial charge is 0.319 e. The number of aromatic nitrogens is 2. The molecule has 0 bridgehead atoms. The highest BCUT2D eigenvalue weighted by Gasteiger charge is 2.20. The van der Waals surface area contributed by atoms with Crippen LogP contribution in [0.2, 0.25) is 5.02 Å². The summed E-state index contributed by atoms with van der Waals surface area (Å²) in [5, 5.41) is 9.50. The van der Waals surface area contributed by atoms with Gasteiger partial charge in [0.15, 0.2) is 5.16 Å². The Labute approximate surface area is 154 Å². The predicted molar refractivity (Wildman–Crippen MR) is 96.6 cm³/mol. The zero-order valence-electron chi connectivity index (χ0n) is 13.7. The summed E-state index contributed by atoms with van der Waals surface area (Å²) in [4.78, 5) is 30.9. The van der Waals surface area contributed by atoms with E-state index in [9.17, 15) is 14.9 Å². The first-order valence-corrected chi connectivity index (χ1v) is 8.85. The van der Waals surface area contributed by atoms with E-state index in [1.165, 1.54) is 0 Å². The molecule has 130 valence electrons. The molecule has 0 aliphatic rings. The lowest BCUT2D eigenvalue weighted by Gasteiger charge is -2.11.